The van der Waals surface area contributed by atoms with Crippen LogP contribution in [0.4, 0.5) is 0 Å². The lowest BCUT2D eigenvalue weighted by molar-refractivity contribution is -0.161. The monoisotopic (exact) mass is 176 g/mol. The maximum absolute atomic E-state index is 10.8. The molecule has 0 saturated heterocycles. The standard InChI is InChI=1S/C7H12O5/c1-4(2)12-7(11)5(8)3-6(9)10/h4-5,8H,3H2,1-2H3,(H,9,10)/t5-/m1/s1. The molecule has 70 valence electrons. The van der Waals surface area contributed by atoms with Crippen LogP contribution in [-0.2, 0) is 14.3 Å². The molecular weight excluding hydrogens is 164 g/mol. The van der Waals surface area contributed by atoms with Crippen LogP contribution in [-0.4, -0.2) is 34.4 Å². The summed E-state index contributed by atoms with van der Waals surface area (Å²) < 4.78 is 4.56. The van der Waals surface area contributed by atoms with Crippen molar-refractivity contribution in [3.8, 4) is 0 Å². The van der Waals surface area contributed by atoms with Gasteiger partial charge in [0.2, 0.25) is 0 Å². The molecule has 0 unspecified atom stereocenters. The molecule has 0 rings (SSSR count). The van der Waals surface area contributed by atoms with Gasteiger partial charge in [0.25, 0.3) is 0 Å². The number of esters is 1. The topological polar surface area (TPSA) is 83.8 Å². The maximum atomic E-state index is 10.8. The minimum Gasteiger partial charge on any atom is -0.481 e. The first-order valence-electron chi connectivity index (χ1n) is 3.54. The highest BCUT2D eigenvalue weighted by molar-refractivity contribution is 5.80. The second kappa shape index (κ2) is 4.71. The quantitative estimate of drug-likeness (QED) is 0.578. The van der Waals surface area contributed by atoms with E-state index in [0.717, 1.165) is 0 Å². The van der Waals surface area contributed by atoms with Gasteiger partial charge in [0.1, 0.15) is 0 Å². The molecule has 0 fully saturated rings. The van der Waals surface area contributed by atoms with Crippen LogP contribution < -0.4 is 0 Å². The second-order valence-electron chi connectivity index (χ2n) is 2.60. The number of carbonyl (C=O) groups excluding carboxylic acids is 1. The molecule has 0 amide bonds. The van der Waals surface area contributed by atoms with Crippen molar-refractivity contribution in [2.24, 2.45) is 0 Å². The number of aliphatic hydroxyl groups excluding tert-OH is 1. The lowest BCUT2D eigenvalue weighted by atomic mass is 10.2. The summed E-state index contributed by atoms with van der Waals surface area (Å²) in [5, 5.41) is 17.1. The normalized spacial score (nSPS) is 12.7. The van der Waals surface area contributed by atoms with Crippen molar-refractivity contribution in [1.29, 1.82) is 0 Å². The molecule has 0 aromatic rings. The molecule has 0 radical (unpaired) electrons. The second-order valence-corrected chi connectivity index (χ2v) is 2.60. The number of carboxylic acids is 1. The Labute approximate surface area is 70.0 Å². The molecule has 0 aliphatic heterocycles. The van der Waals surface area contributed by atoms with E-state index in [4.69, 9.17) is 10.2 Å². The smallest absolute Gasteiger partial charge is 0.335 e. The van der Waals surface area contributed by atoms with E-state index in [1.54, 1.807) is 13.8 Å². The molecular formula is C7H12O5. The summed E-state index contributed by atoms with van der Waals surface area (Å²) in [6, 6.07) is 0. The van der Waals surface area contributed by atoms with Gasteiger partial charge in [-0.2, -0.15) is 0 Å². The van der Waals surface area contributed by atoms with Crippen LogP contribution in [0.15, 0.2) is 0 Å². The third-order valence-corrected chi connectivity index (χ3v) is 0.992. The van der Waals surface area contributed by atoms with Gasteiger partial charge < -0.3 is 14.9 Å². The summed E-state index contributed by atoms with van der Waals surface area (Å²) in [7, 11) is 0. The molecule has 0 saturated carbocycles. The van der Waals surface area contributed by atoms with E-state index in [2.05, 4.69) is 4.74 Å². The Morgan fingerprint density at radius 3 is 2.25 bits per heavy atom. The summed E-state index contributed by atoms with van der Waals surface area (Å²) in [5.74, 6) is -2.13. The highest BCUT2D eigenvalue weighted by Gasteiger charge is 2.20. The fraction of sp³-hybridized carbons (Fsp3) is 0.714. The Kier molecular flexibility index (Phi) is 4.28. The summed E-state index contributed by atoms with van der Waals surface area (Å²) >= 11 is 0. The number of aliphatic hydroxyl groups is 1. The minimum absolute atomic E-state index is 0.346. The van der Waals surface area contributed by atoms with Crippen molar-refractivity contribution in [2.45, 2.75) is 32.5 Å². The molecule has 2 N–H and O–H groups in total. The van der Waals surface area contributed by atoms with Crippen LogP contribution in [0.25, 0.3) is 0 Å². The average molecular weight is 176 g/mol. The fourth-order valence-corrected chi connectivity index (χ4v) is 0.560. The van der Waals surface area contributed by atoms with Gasteiger partial charge in [0.15, 0.2) is 6.10 Å². The predicted molar refractivity (Wildman–Crippen MR) is 39.5 cm³/mol. The van der Waals surface area contributed by atoms with Crippen LogP contribution in [0.3, 0.4) is 0 Å². The van der Waals surface area contributed by atoms with Gasteiger partial charge in [0, 0.05) is 0 Å². The van der Waals surface area contributed by atoms with E-state index in [-0.39, 0.29) is 6.10 Å². The van der Waals surface area contributed by atoms with Crippen LogP contribution >= 0.6 is 0 Å². The predicted octanol–water partition coefficient (Wildman–Crippen LogP) is -0.226. The van der Waals surface area contributed by atoms with Gasteiger partial charge in [-0.1, -0.05) is 0 Å². The average Bonchev–Trinajstić information content (AvgIpc) is 1.84. The zero-order chi connectivity index (χ0) is 9.72. The number of ether oxygens (including phenoxy) is 1. The van der Waals surface area contributed by atoms with E-state index < -0.39 is 24.5 Å². The van der Waals surface area contributed by atoms with E-state index in [1.807, 2.05) is 0 Å². The van der Waals surface area contributed by atoms with E-state index in [1.165, 1.54) is 0 Å². The molecule has 0 bridgehead atoms. The third kappa shape index (κ3) is 4.68. The van der Waals surface area contributed by atoms with Gasteiger partial charge in [-0.3, -0.25) is 4.79 Å². The van der Waals surface area contributed by atoms with Gasteiger partial charge in [0.05, 0.1) is 12.5 Å². The van der Waals surface area contributed by atoms with Crippen molar-refractivity contribution < 1.29 is 24.5 Å². The summed E-state index contributed by atoms with van der Waals surface area (Å²) in [6.45, 7) is 3.23. The van der Waals surface area contributed by atoms with Crippen molar-refractivity contribution in [1.82, 2.24) is 0 Å². The Hall–Kier alpha value is -1.10. The largest absolute Gasteiger partial charge is 0.481 e. The number of carboxylic acid groups (broad SMARTS) is 1. The molecule has 0 aliphatic rings. The molecule has 12 heavy (non-hydrogen) atoms. The van der Waals surface area contributed by atoms with Crippen molar-refractivity contribution in [3.63, 3.8) is 0 Å². The van der Waals surface area contributed by atoms with Gasteiger partial charge in [-0.15, -0.1) is 0 Å². The number of rotatable bonds is 4. The van der Waals surface area contributed by atoms with Crippen LogP contribution in [0.2, 0.25) is 0 Å². The Balaban J connectivity index is 3.85. The van der Waals surface area contributed by atoms with E-state index >= 15 is 0 Å². The van der Waals surface area contributed by atoms with Crippen LogP contribution in [0.5, 0.6) is 0 Å². The van der Waals surface area contributed by atoms with Gasteiger partial charge in [-0.25, -0.2) is 4.79 Å². The number of carbonyl (C=O) groups is 2. The molecule has 5 nitrogen and oxygen atoms in total. The molecule has 0 spiro atoms. The third-order valence-electron chi connectivity index (χ3n) is 0.992. The van der Waals surface area contributed by atoms with E-state index in [9.17, 15) is 9.59 Å². The van der Waals surface area contributed by atoms with Crippen molar-refractivity contribution in [2.75, 3.05) is 0 Å². The maximum Gasteiger partial charge on any atom is 0.335 e. The SMILES string of the molecule is CC(C)OC(=O)[C@H](O)CC(=O)O. The Morgan fingerprint density at radius 1 is 1.42 bits per heavy atom. The van der Waals surface area contributed by atoms with Gasteiger partial charge >= 0.3 is 11.9 Å². The first-order chi connectivity index (χ1) is 5.43. The van der Waals surface area contributed by atoms with E-state index in [0.29, 0.717) is 0 Å². The zero-order valence-corrected chi connectivity index (χ0v) is 6.98. The molecule has 5 heteroatoms. The highest BCUT2D eigenvalue weighted by Crippen LogP contribution is 1.98. The molecule has 0 aliphatic carbocycles. The summed E-state index contributed by atoms with van der Waals surface area (Å²) in [4.78, 5) is 20.8. The summed E-state index contributed by atoms with van der Waals surface area (Å²) in [6.07, 6.45) is -2.53. The zero-order valence-electron chi connectivity index (χ0n) is 6.98. The number of hydrogen-bond acceptors (Lipinski definition) is 4. The van der Waals surface area contributed by atoms with Crippen molar-refractivity contribution in [3.05, 3.63) is 0 Å². The lowest BCUT2D eigenvalue weighted by Crippen LogP contribution is -2.27. The number of aliphatic carboxylic acids is 1. The highest BCUT2D eigenvalue weighted by atomic mass is 16.6. The van der Waals surface area contributed by atoms with Crippen LogP contribution in [0.1, 0.15) is 20.3 Å². The first kappa shape index (κ1) is 10.9. The molecule has 0 aromatic heterocycles. The number of hydrogen-bond donors (Lipinski definition) is 2. The Bertz CT molecular complexity index is 175. The van der Waals surface area contributed by atoms with Gasteiger partial charge in [-0.05, 0) is 13.8 Å². The molecule has 0 heterocycles. The molecule has 0 aromatic carbocycles. The van der Waals surface area contributed by atoms with Crippen LogP contribution in [0, 0.1) is 0 Å². The fourth-order valence-electron chi connectivity index (χ4n) is 0.560. The van der Waals surface area contributed by atoms with Crippen molar-refractivity contribution >= 4 is 11.9 Å². The first-order valence-corrected chi connectivity index (χ1v) is 3.54. The Morgan fingerprint density at radius 2 is 1.92 bits per heavy atom. The lowest BCUT2D eigenvalue weighted by Gasteiger charge is -2.10. The summed E-state index contributed by atoms with van der Waals surface area (Å²) in [5.41, 5.74) is 0. The minimum atomic E-state index is -1.56. The molecule has 1 atom stereocenters.